The number of rotatable bonds is 8. The second kappa shape index (κ2) is 8.56. The Balaban J connectivity index is 2.21. The number of aliphatic hydroxyl groups is 1. The lowest BCUT2D eigenvalue weighted by Crippen LogP contribution is -2.31. The van der Waals surface area contributed by atoms with Crippen LogP contribution in [0.5, 0.6) is 11.5 Å². The highest BCUT2D eigenvalue weighted by atomic mass is 16.5. The van der Waals surface area contributed by atoms with Gasteiger partial charge < -0.3 is 19.9 Å². The first kappa shape index (κ1) is 15.5. The van der Waals surface area contributed by atoms with Crippen molar-refractivity contribution in [3.8, 4) is 11.5 Å². The van der Waals surface area contributed by atoms with Crippen LogP contribution in [0.3, 0.4) is 0 Å². The Bertz CT molecular complexity index is 383. The molecule has 0 aliphatic heterocycles. The molecule has 19 heavy (non-hydrogen) atoms. The van der Waals surface area contributed by atoms with Crippen molar-refractivity contribution in [2.45, 2.75) is 20.0 Å². The summed E-state index contributed by atoms with van der Waals surface area (Å²) in [6, 6.07) is 7.30. The molecule has 4 nitrogen and oxygen atoms in total. The van der Waals surface area contributed by atoms with E-state index < -0.39 is 6.10 Å². The zero-order valence-electron chi connectivity index (χ0n) is 11.8. The maximum absolute atomic E-state index is 9.74. The molecule has 1 unspecified atom stereocenters. The zero-order valence-corrected chi connectivity index (χ0v) is 11.8. The monoisotopic (exact) mass is 265 g/mol. The van der Waals surface area contributed by atoms with Gasteiger partial charge in [0.1, 0.15) is 24.2 Å². The number of nitrogens with one attached hydrogen (secondary N) is 1. The van der Waals surface area contributed by atoms with Gasteiger partial charge in [-0.25, -0.2) is 0 Å². The Morgan fingerprint density at radius 1 is 1.26 bits per heavy atom. The van der Waals surface area contributed by atoms with Gasteiger partial charge in [-0.15, -0.1) is 0 Å². The molecule has 0 aromatic heterocycles. The van der Waals surface area contributed by atoms with E-state index in [1.807, 2.05) is 38.1 Å². The van der Waals surface area contributed by atoms with Gasteiger partial charge in [-0.3, -0.25) is 0 Å². The summed E-state index contributed by atoms with van der Waals surface area (Å²) in [5, 5.41) is 12.9. The average molecular weight is 265 g/mol. The number of benzene rings is 1. The standard InChI is InChI=1S/C15H23NO3/c1-12(2)8-9-16-10-13(17)11-19-15-6-4-14(18-3)5-7-15/h4-8,13,16-17H,9-11H2,1-3H3. The van der Waals surface area contributed by atoms with Gasteiger partial charge in [0, 0.05) is 13.1 Å². The van der Waals surface area contributed by atoms with Gasteiger partial charge in [0.2, 0.25) is 0 Å². The number of aliphatic hydroxyl groups excluding tert-OH is 1. The smallest absolute Gasteiger partial charge is 0.119 e. The third-order valence-electron chi connectivity index (χ3n) is 2.54. The highest BCUT2D eigenvalue weighted by Gasteiger charge is 2.04. The van der Waals surface area contributed by atoms with E-state index in [9.17, 15) is 5.11 Å². The third kappa shape index (κ3) is 6.84. The van der Waals surface area contributed by atoms with Gasteiger partial charge in [0.25, 0.3) is 0 Å². The fourth-order valence-corrected chi connectivity index (χ4v) is 1.45. The molecule has 0 saturated carbocycles. The van der Waals surface area contributed by atoms with Crippen LogP contribution in [0.4, 0.5) is 0 Å². The van der Waals surface area contributed by atoms with Crippen LogP contribution in [-0.2, 0) is 0 Å². The quantitative estimate of drug-likeness (QED) is 0.557. The predicted octanol–water partition coefficient (Wildman–Crippen LogP) is 1.99. The van der Waals surface area contributed by atoms with Crippen molar-refractivity contribution in [1.29, 1.82) is 0 Å². The molecule has 4 heteroatoms. The molecule has 1 aromatic carbocycles. The van der Waals surface area contributed by atoms with Gasteiger partial charge in [0.05, 0.1) is 7.11 Å². The summed E-state index contributed by atoms with van der Waals surface area (Å²) in [6.07, 6.45) is 1.56. The molecule has 1 atom stereocenters. The summed E-state index contributed by atoms with van der Waals surface area (Å²) < 4.78 is 10.5. The van der Waals surface area contributed by atoms with Crippen molar-refractivity contribution >= 4 is 0 Å². The van der Waals surface area contributed by atoms with Crippen molar-refractivity contribution < 1.29 is 14.6 Å². The molecule has 106 valence electrons. The second-order valence-electron chi connectivity index (χ2n) is 4.58. The number of methoxy groups -OCH3 is 1. The minimum atomic E-state index is -0.521. The number of ether oxygens (including phenoxy) is 2. The topological polar surface area (TPSA) is 50.7 Å². The van der Waals surface area contributed by atoms with Gasteiger partial charge in [0.15, 0.2) is 0 Å². The Hall–Kier alpha value is -1.52. The molecule has 0 heterocycles. The van der Waals surface area contributed by atoms with E-state index in [2.05, 4.69) is 11.4 Å². The Morgan fingerprint density at radius 2 is 1.89 bits per heavy atom. The summed E-state index contributed by atoms with van der Waals surface area (Å²) in [5.74, 6) is 1.51. The van der Waals surface area contributed by atoms with Crippen LogP contribution in [0.2, 0.25) is 0 Å². The van der Waals surface area contributed by atoms with Crippen molar-refractivity contribution in [2.75, 3.05) is 26.8 Å². The van der Waals surface area contributed by atoms with Crippen molar-refractivity contribution in [1.82, 2.24) is 5.32 Å². The fourth-order valence-electron chi connectivity index (χ4n) is 1.45. The van der Waals surface area contributed by atoms with Crippen molar-refractivity contribution in [3.05, 3.63) is 35.9 Å². The van der Waals surface area contributed by atoms with E-state index in [0.29, 0.717) is 6.54 Å². The van der Waals surface area contributed by atoms with Gasteiger partial charge in [-0.1, -0.05) is 11.6 Å². The molecule has 0 bridgehead atoms. The molecule has 0 saturated heterocycles. The lowest BCUT2D eigenvalue weighted by molar-refractivity contribution is 0.107. The summed E-state index contributed by atoms with van der Waals surface area (Å²) in [5.41, 5.74) is 1.26. The van der Waals surface area contributed by atoms with Gasteiger partial charge in [-0.2, -0.15) is 0 Å². The molecule has 1 aromatic rings. The van der Waals surface area contributed by atoms with Crippen LogP contribution in [0.15, 0.2) is 35.9 Å². The van der Waals surface area contributed by atoms with Crippen LogP contribution in [0, 0.1) is 0 Å². The van der Waals surface area contributed by atoms with Gasteiger partial charge >= 0.3 is 0 Å². The maximum Gasteiger partial charge on any atom is 0.119 e. The van der Waals surface area contributed by atoms with Crippen LogP contribution in [0.1, 0.15) is 13.8 Å². The summed E-state index contributed by atoms with van der Waals surface area (Å²) in [4.78, 5) is 0. The maximum atomic E-state index is 9.74. The summed E-state index contributed by atoms with van der Waals surface area (Å²) >= 11 is 0. The van der Waals surface area contributed by atoms with E-state index in [1.165, 1.54) is 5.57 Å². The molecule has 0 spiro atoms. The number of hydrogen-bond acceptors (Lipinski definition) is 4. The lowest BCUT2D eigenvalue weighted by Gasteiger charge is -2.13. The van der Waals surface area contributed by atoms with Crippen LogP contribution >= 0.6 is 0 Å². The lowest BCUT2D eigenvalue weighted by atomic mass is 10.3. The Labute approximate surface area is 115 Å². The minimum Gasteiger partial charge on any atom is -0.497 e. The predicted molar refractivity (Wildman–Crippen MR) is 76.8 cm³/mol. The van der Waals surface area contributed by atoms with E-state index in [1.54, 1.807) is 7.11 Å². The highest BCUT2D eigenvalue weighted by Crippen LogP contribution is 2.16. The van der Waals surface area contributed by atoms with E-state index in [4.69, 9.17) is 9.47 Å². The Morgan fingerprint density at radius 3 is 2.47 bits per heavy atom. The highest BCUT2D eigenvalue weighted by molar-refractivity contribution is 5.31. The second-order valence-corrected chi connectivity index (χ2v) is 4.58. The fraction of sp³-hybridized carbons (Fsp3) is 0.467. The van der Waals surface area contributed by atoms with Gasteiger partial charge in [-0.05, 0) is 38.1 Å². The molecule has 2 N–H and O–H groups in total. The van der Waals surface area contributed by atoms with Crippen LogP contribution in [-0.4, -0.2) is 38.0 Å². The summed E-state index contributed by atoms with van der Waals surface area (Å²) in [6.45, 7) is 5.64. The molecule has 0 radical (unpaired) electrons. The molecule has 0 aliphatic rings. The summed E-state index contributed by atoms with van der Waals surface area (Å²) in [7, 11) is 1.62. The molecular weight excluding hydrogens is 242 g/mol. The first-order valence-corrected chi connectivity index (χ1v) is 6.41. The zero-order chi connectivity index (χ0) is 14.1. The van der Waals surface area contributed by atoms with E-state index in [-0.39, 0.29) is 6.61 Å². The van der Waals surface area contributed by atoms with Crippen LogP contribution < -0.4 is 14.8 Å². The minimum absolute atomic E-state index is 0.272. The molecule has 0 aliphatic carbocycles. The van der Waals surface area contributed by atoms with E-state index in [0.717, 1.165) is 18.0 Å². The molecule has 0 amide bonds. The first-order valence-electron chi connectivity index (χ1n) is 6.41. The largest absolute Gasteiger partial charge is 0.497 e. The van der Waals surface area contributed by atoms with Crippen LogP contribution in [0.25, 0.3) is 0 Å². The van der Waals surface area contributed by atoms with Crippen molar-refractivity contribution in [3.63, 3.8) is 0 Å². The Kier molecular flexibility index (Phi) is 7.00. The average Bonchev–Trinajstić information content (AvgIpc) is 2.41. The van der Waals surface area contributed by atoms with Crippen molar-refractivity contribution in [2.24, 2.45) is 0 Å². The third-order valence-corrected chi connectivity index (χ3v) is 2.54. The number of hydrogen-bond donors (Lipinski definition) is 2. The van der Waals surface area contributed by atoms with E-state index >= 15 is 0 Å². The normalized spacial score (nSPS) is 11.8. The molecular formula is C15H23NO3. The SMILES string of the molecule is COc1ccc(OCC(O)CNCC=C(C)C)cc1. The molecule has 0 fully saturated rings. The molecule has 1 rings (SSSR count). The first-order chi connectivity index (χ1) is 9.11. The number of allylic oxidation sites excluding steroid dienone is 1.